The number of hydrogen-bond donors (Lipinski definition) is 2. The van der Waals surface area contributed by atoms with E-state index in [9.17, 15) is 13.2 Å². The minimum absolute atomic E-state index is 0.0700. The topological polar surface area (TPSA) is 63.0 Å². The molecule has 0 fully saturated rings. The van der Waals surface area contributed by atoms with Crippen LogP contribution in [0.1, 0.15) is 24.4 Å². The predicted octanol–water partition coefficient (Wildman–Crippen LogP) is 3.30. The Kier molecular flexibility index (Phi) is 3.82. The summed E-state index contributed by atoms with van der Waals surface area (Å²) in [6.45, 7) is 1.76. The molecule has 0 radical (unpaired) electrons. The lowest BCUT2D eigenvalue weighted by Crippen LogP contribution is -2.14. The van der Waals surface area contributed by atoms with E-state index in [-0.39, 0.29) is 17.8 Å². The van der Waals surface area contributed by atoms with E-state index in [1.165, 1.54) is 13.3 Å². The van der Waals surface area contributed by atoms with Gasteiger partial charge in [0.15, 0.2) is 5.69 Å². The smallest absolute Gasteiger partial charge is 0.433 e. The fraction of sp³-hybridized carbons (Fsp3) is 0.333. The molecule has 2 N–H and O–H groups in total. The third-order valence-corrected chi connectivity index (χ3v) is 2.57. The number of nitrogens with zero attached hydrogens (tertiary/aromatic N) is 2. The predicted molar refractivity (Wildman–Crippen MR) is 67.3 cm³/mol. The van der Waals surface area contributed by atoms with Gasteiger partial charge in [-0.3, -0.25) is 0 Å². The first-order valence-corrected chi connectivity index (χ1v) is 5.84. The Bertz CT molecular complexity index is 569. The Morgan fingerprint density at radius 3 is 2.60 bits per heavy atom. The molecular weight excluding hydrogens is 273 g/mol. The summed E-state index contributed by atoms with van der Waals surface area (Å²) in [4.78, 5) is 7.32. The van der Waals surface area contributed by atoms with Crippen LogP contribution in [0.2, 0.25) is 0 Å². The van der Waals surface area contributed by atoms with Crippen molar-refractivity contribution in [2.75, 3.05) is 17.7 Å². The molecular formula is C12H13F3N4O. The first-order valence-electron chi connectivity index (χ1n) is 5.84. The molecule has 0 spiro atoms. The van der Waals surface area contributed by atoms with Crippen LogP contribution in [0.3, 0.4) is 0 Å². The largest absolute Gasteiger partial charge is 0.467 e. The van der Waals surface area contributed by atoms with Gasteiger partial charge in [-0.1, -0.05) is 0 Å². The zero-order valence-corrected chi connectivity index (χ0v) is 10.8. The first kappa shape index (κ1) is 14.2. The van der Waals surface area contributed by atoms with E-state index in [1.807, 2.05) is 0 Å². The molecule has 1 unspecified atom stereocenters. The second kappa shape index (κ2) is 5.40. The molecule has 2 rings (SSSR count). The highest BCUT2D eigenvalue weighted by molar-refractivity contribution is 5.44. The van der Waals surface area contributed by atoms with Gasteiger partial charge in [-0.05, 0) is 19.1 Å². The second-order valence-electron chi connectivity index (χ2n) is 4.09. The zero-order valence-electron chi connectivity index (χ0n) is 10.8. The molecule has 20 heavy (non-hydrogen) atoms. The summed E-state index contributed by atoms with van der Waals surface area (Å²) < 4.78 is 43.4. The molecule has 0 saturated carbocycles. The van der Waals surface area contributed by atoms with E-state index in [1.54, 1.807) is 19.1 Å². The lowest BCUT2D eigenvalue weighted by molar-refractivity contribution is -0.141. The van der Waals surface area contributed by atoms with E-state index in [0.29, 0.717) is 5.76 Å². The number of rotatable bonds is 4. The van der Waals surface area contributed by atoms with E-state index >= 15 is 0 Å². The molecule has 0 aromatic carbocycles. The lowest BCUT2D eigenvalue weighted by atomic mass is 10.2. The SMILES string of the molecule is CNc1nc(NC(C)c2ccco2)cc(C(F)(F)F)n1. The van der Waals surface area contributed by atoms with Gasteiger partial charge in [-0.15, -0.1) is 0 Å². The summed E-state index contributed by atoms with van der Waals surface area (Å²) in [6.07, 6.45) is -3.04. The van der Waals surface area contributed by atoms with E-state index in [4.69, 9.17) is 4.42 Å². The number of halogens is 3. The first-order chi connectivity index (χ1) is 9.40. The number of anilines is 2. The van der Waals surface area contributed by atoms with Gasteiger partial charge in [0.25, 0.3) is 0 Å². The summed E-state index contributed by atoms with van der Waals surface area (Å²) in [5, 5.41) is 5.35. The highest BCUT2D eigenvalue weighted by Crippen LogP contribution is 2.30. The van der Waals surface area contributed by atoms with E-state index in [0.717, 1.165) is 6.07 Å². The summed E-state index contributed by atoms with van der Waals surface area (Å²) in [7, 11) is 1.45. The summed E-state index contributed by atoms with van der Waals surface area (Å²) in [5.41, 5.74) is -1.01. The fourth-order valence-electron chi connectivity index (χ4n) is 1.61. The molecule has 0 amide bonds. The normalized spacial score (nSPS) is 13.1. The monoisotopic (exact) mass is 286 g/mol. The van der Waals surface area contributed by atoms with Gasteiger partial charge in [0.05, 0.1) is 12.3 Å². The number of furan rings is 1. The van der Waals surface area contributed by atoms with Crippen LogP contribution in [0.25, 0.3) is 0 Å². The van der Waals surface area contributed by atoms with Crippen LogP contribution in [0, 0.1) is 0 Å². The Morgan fingerprint density at radius 2 is 2.05 bits per heavy atom. The van der Waals surface area contributed by atoms with Crippen LogP contribution < -0.4 is 10.6 Å². The number of nitrogens with one attached hydrogen (secondary N) is 2. The van der Waals surface area contributed by atoms with Crippen molar-refractivity contribution in [3.05, 3.63) is 35.9 Å². The Labute approximate surface area is 113 Å². The maximum absolute atomic E-state index is 12.7. The van der Waals surface area contributed by atoms with Crippen LogP contribution in [-0.2, 0) is 6.18 Å². The van der Waals surface area contributed by atoms with Gasteiger partial charge in [0.1, 0.15) is 11.6 Å². The maximum Gasteiger partial charge on any atom is 0.433 e. The highest BCUT2D eigenvalue weighted by atomic mass is 19.4. The van der Waals surface area contributed by atoms with Crippen LogP contribution in [0.15, 0.2) is 28.9 Å². The Hall–Kier alpha value is -2.25. The van der Waals surface area contributed by atoms with Crippen LogP contribution in [0.5, 0.6) is 0 Å². The number of hydrogen-bond acceptors (Lipinski definition) is 5. The van der Waals surface area contributed by atoms with Crippen LogP contribution in [0.4, 0.5) is 24.9 Å². The van der Waals surface area contributed by atoms with Crippen LogP contribution >= 0.6 is 0 Å². The average Bonchev–Trinajstić information content (AvgIpc) is 2.91. The maximum atomic E-state index is 12.7. The van der Waals surface area contributed by atoms with Gasteiger partial charge >= 0.3 is 6.18 Å². The molecule has 0 bridgehead atoms. The molecule has 0 aliphatic carbocycles. The van der Waals surface area contributed by atoms with E-state index < -0.39 is 11.9 Å². The zero-order chi connectivity index (χ0) is 14.8. The van der Waals surface area contributed by atoms with Crippen molar-refractivity contribution in [3.8, 4) is 0 Å². The van der Waals surface area contributed by atoms with Crippen molar-refractivity contribution >= 4 is 11.8 Å². The molecule has 0 saturated heterocycles. The van der Waals surface area contributed by atoms with Gasteiger partial charge in [0.2, 0.25) is 5.95 Å². The number of aromatic nitrogens is 2. The minimum Gasteiger partial charge on any atom is -0.467 e. The van der Waals surface area contributed by atoms with Crippen molar-refractivity contribution < 1.29 is 17.6 Å². The van der Waals surface area contributed by atoms with Gasteiger partial charge in [-0.25, -0.2) is 4.98 Å². The van der Waals surface area contributed by atoms with Crippen molar-refractivity contribution in [1.82, 2.24) is 9.97 Å². The summed E-state index contributed by atoms with van der Waals surface area (Å²) in [6, 6.07) is 3.97. The second-order valence-corrected chi connectivity index (χ2v) is 4.09. The summed E-state index contributed by atoms with van der Waals surface area (Å²) >= 11 is 0. The van der Waals surface area contributed by atoms with Crippen molar-refractivity contribution in [2.24, 2.45) is 0 Å². The molecule has 2 heterocycles. The molecule has 5 nitrogen and oxygen atoms in total. The molecule has 8 heteroatoms. The third kappa shape index (κ3) is 3.19. The van der Waals surface area contributed by atoms with Gasteiger partial charge in [-0.2, -0.15) is 18.2 Å². The molecule has 108 valence electrons. The fourth-order valence-corrected chi connectivity index (χ4v) is 1.61. The quantitative estimate of drug-likeness (QED) is 0.903. The third-order valence-electron chi connectivity index (χ3n) is 2.57. The molecule has 1 atom stereocenters. The van der Waals surface area contributed by atoms with Crippen molar-refractivity contribution in [3.63, 3.8) is 0 Å². The highest BCUT2D eigenvalue weighted by Gasteiger charge is 2.33. The number of alkyl halides is 3. The standard InChI is InChI=1S/C12H13F3N4O/c1-7(8-4-3-5-20-8)17-10-6-9(12(13,14)15)18-11(16-2)19-10/h3-7H,1-2H3,(H2,16,17,18,19). The van der Waals surface area contributed by atoms with Gasteiger partial charge < -0.3 is 15.1 Å². The van der Waals surface area contributed by atoms with Crippen molar-refractivity contribution in [2.45, 2.75) is 19.1 Å². The van der Waals surface area contributed by atoms with Crippen LogP contribution in [-0.4, -0.2) is 17.0 Å². The average molecular weight is 286 g/mol. The molecule has 0 aliphatic heterocycles. The molecule has 2 aromatic heterocycles. The molecule has 0 aliphatic rings. The van der Waals surface area contributed by atoms with E-state index in [2.05, 4.69) is 20.6 Å². The Morgan fingerprint density at radius 1 is 1.30 bits per heavy atom. The lowest BCUT2D eigenvalue weighted by Gasteiger charge is -2.14. The van der Waals surface area contributed by atoms with Crippen molar-refractivity contribution in [1.29, 1.82) is 0 Å². The summed E-state index contributed by atoms with van der Waals surface area (Å²) in [5.74, 6) is 0.567. The Balaban J connectivity index is 2.27. The van der Waals surface area contributed by atoms with Gasteiger partial charge in [0, 0.05) is 13.1 Å². The minimum atomic E-state index is -4.53. The molecule has 2 aromatic rings.